The molecular weight excluding hydrogens is 438 g/mol. The molecule has 3 aromatic rings. The van der Waals surface area contributed by atoms with E-state index in [1.54, 1.807) is 12.1 Å². The highest BCUT2D eigenvalue weighted by Crippen LogP contribution is 2.35. The zero-order valence-corrected chi connectivity index (χ0v) is 18.5. The number of halogens is 1. The lowest BCUT2D eigenvalue weighted by molar-refractivity contribution is 0.0891. The van der Waals surface area contributed by atoms with E-state index >= 15 is 0 Å². The Kier molecular flexibility index (Phi) is 5.30. The van der Waals surface area contributed by atoms with Crippen LogP contribution in [0.2, 0.25) is 5.02 Å². The first-order valence-electron chi connectivity index (χ1n) is 10.6. The van der Waals surface area contributed by atoms with E-state index in [9.17, 15) is 9.00 Å². The molecule has 2 N–H and O–H groups in total. The number of hydrogen-bond acceptors (Lipinski definition) is 6. The fourth-order valence-corrected chi connectivity index (χ4v) is 5.99. The van der Waals surface area contributed by atoms with Gasteiger partial charge in [0.1, 0.15) is 15.2 Å². The Morgan fingerprint density at radius 3 is 2.65 bits per heavy atom. The Labute approximate surface area is 185 Å². The van der Waals surface area contributed by atoms with Gasteiger partial charge < -0.3 is 14.2 Å². The molecule has 164 valence electrons. The number of hydrogen-bond donors (Lipinski definition) is 2. The predicted octanol–water partition coefficient (Wildman–Crippen LogP) is 5.35. The molecule has 2 aliphatic carbocycles. The van der Waals surface area contributed by atoms with E-state index in [1.165, 1.54) is 12.1 Å². The SMILES string of the molecule is N=[S@](=O)(CC1CC1)c1ccc(C(=O)NC2CCC(c3nc4cc(Cl)ccc4o3)CC2)o1. The molecule has 2 saturated carbocycles. The highest BCUT2D eigenvalue weighted by molar-refractivity contribution is 7.92. The number of fused-ring (bicyclic) bond motifs is 1. The van der Waals surface area contributed by atoms with Gasteiger partial charge in [-0.25, -0.2) is 14.0 Å². The summed E-state index contributed by atoms with van der Waals surface area (Å²) in [6.07, 6.45) is 5.36. The van der Waals surface area contributed by atoms with E-state index in [4.69, 9.17) is 25.2 Å². The Hall–Kier alpha value is -2.32. The van der Waals surface area contributed by atoms with Crippen molar-refractivity contribution in [2.45, 2.75) is 55.6 Å². The molecule has 0 spiro atoms. The van der Waals surface area contributed by atoms with Crippen molar-refractivity contribution in [1.29, 1.82) is 4.78 Å². The molecule has 0 radical (unpaired) electrons. The Morgan fingerprint density at radius 2 is 1.90 bits per heavy atom. The second kappa shape index (κ2) is 7.98. The van der Waals surface area contributed by atoms with Crippen LogP contribution in [0.4, 0.5) is 0 Å². The molecule has 2 aliphatic rings. The average Bonchev–Trinajstić information content (AvgIpc) is 3.24. The molecule has 7 nitrogen and oxygen atoms in total. The Balaban J connectivity index is 1.18. The van der Waals surface area contributed by atoms with E-state index in [1.807, 2.05) is 6.07 Å². The van der Waals surface area contributed by atoms with Gasteiger partial charge in [-0.15, -0.1) is 0 Å². The number of oxazole rings is 1. The van der Waals surface area contributed by atoms with Crippen molar-refractivity contribution in [3.05, 3.63) is 47.0 Å². The maximum atomic E-state index is 12.6. The minimum absolute atomic E-state index is 0.0305. The van der Waals surface area contributed by atoms with Crippen LogP contribution < -0.4 is 5.32 Å². The van der Waals surface area contributed by atoms with Crippen LogP contribution in [0.1, 0.15) is 60.9 Å². The monoisotopic (exact) mass is 461 g/mol. The predicted molar refractivity (Wildman–Crippen MR) is 117 cm³/mol. The van der Waals surface area contributed by atoms with Gasteiger partial charge in [0.05, 0.1) is 0 Å². The van der Waals surface area contributed by atoms with Crippen LogP contribution in [-0.4, -0.2) is 26.9 Å². The molecule has 9 heteroatoms. The summed E-state index contributed by atoms with van der Waals surface area (Å²) in [4.78, 5) is 17.2. The maximum absolute atomic E-state index is 12.6. The number of benzene rings is 1. The summed E-state index contributed by atoms with van der Waals surface area (Å²) in [5.41, 5.74) is 1.50. The van der Waals surface area contributed by atoms with Crippen LogP contribution in [0.5, 0.6) is 0 Å². The van der Waals surface area contributed by atoms with Crippen LogP contribution in [0.3, 0.4) is 0 Å². The molecule has 1 aromatic carbocycles. The second-order valence-corrected chi connectivity index (χ2v) is 11.1. The largest absolute Gasteiger partial charge is 0.441 e. The van der Waals surface area contributed by atoms with E-state index in [0.717, 1.165) is 55.5 Å². The molecule has 1 atom stereocenters. The zero-order chi connectivity index (χ0) is 21.6. The summed E-state index contributed by atoms with van der Waals surface area (Å²) in [7, 11) is -2.97. The number of nitrogens with zero attached hydrogens (tertiary/aromatic N) is 1. The molecular formula is C22H24ClN3O4S. The van der Waals surface area contributed by atoms with Crippen molar-refractivity contribution in [3.63, 3.8) is 0 Å². The van der Waals surface area contributed by atoms with Crippen LogP contribution in [0, 0.1) is 10.7 Å². The van der Waals surface area contributed by atoms with E-state index < -0.39 is 9.73 Å². The van der Waals surface area contributed by atoms with E-state index in [0.29, 0.717) is 16.7 Å². The quantitative estimate of drug-likeness (QED) is 0.514. The minimum atomic E-state index is -2.97. The van der Waals surface area contributed by atoms with Crippen molar-refractivity contribution >= 4 is 38.3 Å². The molecule has 0 saturated heterocycles. The first-order valence-corrected chi connectivity index (χ1v) is 12.7. The lowest BCUT2D eigenvalue weighted by atomic mass is 9.86. The molecule has 0 unspecified atom stereocenters. The number of carbonyl (C=O) groups excluding carboxylic acids is 1. The van der Waals surface area contributed by atoms with E-state index in [2.05, 4.69) is 10.3 Å². The lowest BCUT2D eigenvalue weighted by Crippen LogP contribution is -2.37. The summed E-state index contributed by atoms with van der Waals surface area (Å²) in [6, 6.07) is 8.47. The van der Waals surface area contributed by atoms with Gasteiger partial charge in [0.2, 0.25) is 0 Å². The molecule has 31 heavy (non-hydrogen) atoms. The average molecular weight is 462 g/mol. The van der Waals surface area contributed by atoms with Crippen molar-refractivity contribution in [2.75, 3.05) is 5.75 Å². The summed E-state index contributed by atoms with van der Waals surface area (Å²) in [5.74, 6) is 1.38. The number of carbonyl (C=O) groups is 1. The molecule has 5 rings (SSSR count). The van der Waals surface area contributed by atoms with Crippen molar-refractivity contribution in [2.24, 2.45) is 5.92 Å². The minimum Gasteiger partial charge on any atom is -0.441 e. The van der Waals surface area contributed by atoms with Gasteiger partial charge in [-0.05, 0) is 74.8 Å². The third kappa shape index (κ3) is 4.50. The molecule has 0 bridgehead atoms. The topological polar surface area (TPSA) is 109 Å². The molecule has 0 aliphatic heterocycles. The third-order valence-electron chi connectivity index (χ3n) is 6.08. The molecule has 1 amide bonds. The van der Waals surface area contributed by atoms with Gasteiger partial charge in [-0.1, -0.05) is 11.6 Å². The third-order valence-corrected chi connectivity index (χ3v) is 8.12. The van der Waals surface area contributed by atoms with Crippen LogP contribution in [0.25, 0.3) is 11.1 Å². The highest BCUT2D eigenvalue weighted by atomic mass is 35.5. The summed E-state index contributed by atoms with van der Waals surface area (Å²) in [6.45, 7) is 0. The Bertz CT molecular complexity index is 1220. The van der Waals surface area contributed by atoms with E-state index in [-0.39, 0.29) is 28.7 Å². The summed E-state index contributed by atoms with van der Waals surface area (Å²) >= 11 is 6.03. The first-order chi connectivity index (χ1) is 14.9. The van der Waals surface area contributed by atoms with Gasteiger partial charge in [-0.2, -0.15) is 0 Å². The van der Waals surface area contributed by atoms with Gasteiger partial charge in [0.15, 0.2) is 22.3 Å². The van der Waals surface area contributed by atoms with Crippen LogP contribution in [0.15, 0.2) is 44.3 Å². The normalized spacial score (nSPS) is 23.5. The fourth-order valence-electron chi connectivity index (χ4n) is 4.15. The number of furan rings is 1. The van der Waals surface area contributed by atoms with Crippen molar-refractivity contribution < 1.29 is 17.8 Å². The molecule has 2 fully saturated rings. The second-order valence-electron chi connectivity index (χ2n) is 8.59. The zero-order valence-electron chi connectivity index (χ0n) is 16.9. The number of amides is 1. The highest BCUT2D eigenvalue weighted by Gasteiger charge is 2.30. The van der Waals surface area contributed by atoms with Crippen molar-refractivity contribution in [3.8, 4) is 0 Å². The number of aromatic nitrogens is 1. The Morgan fingerprint density at radius 1 is 1.13 bits per heavy atom. The smallest absolute Gasteiger partial charge is 0.287 e. The van der Waals surface area contributed by atoms with Crippen LogP contribution >= 0.6 is 11.6 Å². The van der Waals surface area contributed by atoms with Crippen LogP contribution in [-0.2, 0) is 9.73 Å². The molecule has 2 heterocycles. The number of rotatable bonds is 6. The van der Waals surface area contributed by atoms with Gasteiger partial charge in [0.25, 0.3) is 5.91 Å². The van der Waals surface area contributed by atoms with Crippen molar-refractivity contribution in [1.82, 2.24) is 10.3 Å². The number of nitrogens with one attached hydrogen (secondary N) is 2. The first kappa shape index (κ1) is 20.6. The van der Waals surface area contributed by atoms with Gasteiger partial charge in [-0.3, -0.25) is 4.79 Å². The summed E-state index contributed by atoms with van der Waals surface area (Å²) in [5, 5.41) is 3.74. The molecule has 2 aromatic heterocycles. The summed E-state index contributed by atoms with van der Waals surface area (Å²) < 4.78 is 32.0. The van der Waals surface area contributed by atoms with Gasteiger partial charge >= 0.3 is 0 Å². The lowest BCUT2D eigenvalue weighted by Gasteiger charge is -2.27. The van der Waals surface area contributed by atoms with Gasteiger partial charge in [0, 0.05) is 22.7 Å². The maximum Gasteiger partial charge on any atom is 0.287 e. The standard InChI is InChI=1S/C22H24ClN3O4S/c23-15-5-8-18-17(11-15)26-22(30-18)14-3-6-16(7-4-14)25-21(27)19-9-10-20(29-19)31(24,28)12-13-1-2-13/h5,8-11,13-14,16,24H,1-4,6-7,12H2,(H,25,27)/t14?,16?,31-/m0/s1. The fraction of sp³-hybridized carbons (Fsp3) is 0.455.